The van der Waals surface area contributed by atoms with E-state index in [9.17, 15) is 4.79 Å². The number of anilines is 1. The largest absolute Gasteiger partial charge is 0.465 e. The van der Waals surface area contributed by atoms with Crippen LogP contribution in [0.4, 0.5) is 5.69 Å². The standard InChI is InChI=1S/C35H65N2O3/c1-5-7-8-9-10-11-12-13-14-15-16-17-18-22-30-39-31-33(23-6-2)32-40-35(38)24-20-19-21-27-37-28-25-34(26-29-37)36(3)4/h25-26,28-29,33H,5-24,27,30-32H2,1-4H3/q+1. The van der Waals surface area contributed by atoms with Gasteiger partial charge in [0.2, 0.25) is 0 Å². The number of nitrogens with zero attached hydrogens (tertiary/aromatic N) is 2. The van der Waals surface area contributed by atoms with Gasteiger partial charge in [-0.05, 0) is 25.7 Å². The quantitative estimate of drug-likeness (QED) is 0.0581. The first-order chi connectivity index (χ1) is 19.6. The van der Waals surface area contributed by atoms with Crippen molar-refractivity contribution < 1.29 is 18.8 Å². The lowest BCUT2D eigenvalue weighted by molar-refractivity contribution is -0.697. The number of esters is 1. The maximum absolute atomic E-state index is 12.2. The van der Waals surface area contributed by atoms with Crippen molar-refractivity contribution in [1.29, 1.82) is 0 Å². The van der Waals surface area contributed by atoms with Crippen molar-refractivity contribution in [2.75, 3.05) is 38.8 Å². The van der Waals surface area contributed by atoms with Crippen LogP contribution in [0.25, 0.3) is 0 Å². The molecule has 1 heterocycles. The summed E-state index contributed by atoms with van der Waals surface area (Å²) in [6.07, 6.45) is 29.2. The van der Waals surface area contributed by atoms with E-state index in [1.165, 1.54) is 89.2 Å². The Hall–Kier alpha value is -1.62. The number of carbonyl (C=O) groups is 1. The molecule has 0 saturated heterocycles. The highest BCUT2D eigenvalue weighted by molar-refractivity contribution is 5.69. The Bertz CT molecular complexity index is 692. The average molecular weight is 562 g/mol. The molecule has 0 saturated carbocycles. The van der Waals surface area contributed by atoms with Crippen LogP contribution in [0.15, 0.2) is 24.5 Å². The van der Waals surface area contributed by atoms with Crippen LogP contribution in [0.3, 0.4) is 0 Å². The lowest BCUT2D eigenvalue weighted by Gasteiger charge is -2.16. The van der Waals surface area contributed by atoms with Crippen molar-refractivity contribution in [3.63, 3.8) is 0 Å². The normalized spacial score (nSPS) is 12.0. The molecule has 0 fully saturated rings. The summed E-state index contributed by atoms with van der Waals surface area (Å²) < 4.78 is 13.8. The van der Waals surface area contributed by atoms with Gasteiger partial charge in [-0.1, -0.05) is 104 Å². The molecular weight excluding hydrogens is 496 g/mol. The molecule has 0 aliphatic carbocycles. The highest BCUT2D eigenvalue weighted by Crippen LogP contribution is 2.14. The smallest absolute Gasteiger partial charge is 0.305 e. The molecule has 0 radical (unpaired) electrons. The third kappa shape index (κ3) is 21.2. The average Bonchev–Trinajstić information content (AvgIpc) is 2.95. The monoisotopic (exact) mass is 561 g/mol. The molecule has 1 aromatic heterocycles. The number of hydrogen-bond acceptors (Lipinski definition) is 4. The second kappa shape index (κ2) is 26.3. The number of pyridine rings is 1. The summed E-state index contributed by atoms with van der Waals surface area (Å²) in [5.74, 6) is 0.262. The first-order valence-corrected chi connectivity index (χ1v) is 17.0. The van der Waals surface area contributed by atoms with Crippen molar-refractivity contribution in [3.8, 4) is 0 Å². The topological polar surface area (TPSA) is 42.7 Å². The number of aromatic nitrogens is 1. The van der Waals surface area contributed by atoms with E-state index >= 15 is 0 Å². The highest BCUT2D eigenvalue weighted by atomic mass is 16.5. The number of hydrogen-bond donors (Lipinski definition) is 0. The van der Waals surface area contributed by atoms with Crippen molar-refractivity contribution in [2.24, 2.45) is 5.92 Å². The second-order valence-corrected chi connectivity index (χ2v) is 12.0. The van der Waals surface area contributed by atoms with E-state index in [0.29, 0.717) is 25.6 Å². The van der Waals surface area contributed by atoms with Gasteiger partial charge in [0.15, 0.2) is 12.4 Å². The Labute approximate surface area is 248 Å². The molecule has 0 amide bonds. The van der Waals surface area contributed by atoms with Gasteiger partial charge in [0.1, 0.15) is 6.54 Å². The van der Waals surface area contributed by atoms with E-state index in [2.05, 4.69) is 61.9 Å². The van der Waals surface area contributed by atoms with Crippen molar-refractivity contribution in [2.45, 2.75) is 149 Å². The van der Waals surface area contributed by atoms with Gasteiger partial charge < -0.3 is 14.4 Å². The number of carbonyl (C=O) groups excluding carboxylic acids is 1. The van der Waals surface area contributed by atoms with Crippen molar-refractivity contribution in [3.05, 3.63) is 24.5 Å². The van der Waals surface area contributed by atoms with E-state index in [-0.39, 0.29) is 5.97 Å². The molecular formula is C35H65N2O3+. The van der Waals surface area contributed by atoms with E-state index in [1.54, 1.807) is 0 Å². The van der Waals surface area contributed by atoms with Crippen LogP contribution in [0.5, 0.6) is 0 Å². The van der Waals surface area contributed by atoms with E-state index < -0.39 is 0 Å². The van der Waals surface area contributed by atoms with Gasteiger partial charge in [-0.15, -0.1) is 0 Å². The SMILES string of the molecule is CCCCCCCCCCCCCCCCOCC(CCC)COC(=O)CCCCC[n+]1ccc(N(C)C)cc1. The predicted octanol–water partition coefficient (Wildman–Crippen LogP) is 9.06. The molecule has 232 valence electrons. The Morgan fingerprint density at radius 2 is 1.27 bits per heavy atom. The summed E-state index contributed by atoms with van der Waals surface area (Å²) in [7, 11) is 4.11. The third-order valence-corrected chi connectivity index (χ3v) is 7.86. The fourth-order valence-corrected chi connectivity index (χ4v) is 5.19. The van der Waals surface area contributed by atoms with Crippen molar-refractivity contribution in [1.82, 2.24) is 0 Å². The lowest BCUT2D eigenvalue weighted by Crippen LogP contribution is -2.32. The van der Waals surface area contributed by atoms with Gasteiger partial charge >= 0.3 is 5.97 Å². The molecule has 0 N–H and O–H groups in total. The van der Waals surface area contributed by atoms with Crippen LogP contribution in [-0.4, -0.2) is 39.9 Å². The first kappa shape index (κ1) is 36.4. The minimum absolute atomic E-state index is 0.0592. The van der Waals surface area contributed by atoms with E-state index in [1.807, 2.05) is 0 Å². The summed E-state index contributed by atoms with van der Waals surface area (Å²) in [4.78, 5) is 14.3. The zero-order valence-corrected chi connectivity index (χ0v) is 27.0. The molecule has 1 aromatic rings. The Morgan fingerprint density at radius 1 is 0.725 bits per heavy atom. The van der Waals surface area contributed by atoms with Crippen LogP contribution in [0.1, 0.15) is 142 Å². The van der Waals surface area contributed by atoms with Gasteiger partial charge in [-0.25, -0.2) is 4.57 Å². The summed E-state index contributed by atoms with van der Waals surface area (Å²) >= 11 is 0. The zero-order valence-electron chi connectivity index (χ0n) is 27.0. The van der Waals surface area contributed by atoms with Crippen LogP contribution < -0.4 is 9.47 Å². The van der Waals surface area contributed by atoms with Gasteiger partial charge in [0, 0.05) is 57.3 Å². The molecule has 5 heteroatoms. The van der Waals surface area contributed by atoms with Crippen LogP contribution in [-0.2, 0) is 20.8 Å². The molecule has 40 heavy (non-hydrogen) atoms. The van der Waals surface area contributed by atoms with E-state index in [4.69, 9.17) is 9.47 Å². The molecule has 0 aliphatic rings. The maximum atomic E-state index is 12.2. The van der Waals surface area contributed by atoms with Crippen LogP contribution in [0, 0.1) is 5.92 Å². The van der Waals surface area contributed by atoms with Gasteiger partial charge in [-0.2, -0.15) is 0 Å². The summed E-state index contributed by atoms with van der Waals surface area (Å²) in [6.45, 7) is 7.51. The van der Waals surface area contributed by atoms with Gasteiger partial charge in [-0.3, -0.25) is 4.79 Å². The highest BCUT2D eigenvalue weighted by Gasteiger charge is 2.12. The fraction of sp³-hybridized carbons (Fsp3) is 0.829. The molecule has 5 nitrogen and oxygen atoms in total. The Balaban J connectivity index is 1.95. The molecule has 1 unspecified atom stereocenters. The third-order valence-electron chi connectivity index (χ3n) is 7.86. The fourth-order valence-electron chi connectivity index (χ4n) is 5.19. The van der Waals surface area contributed by atoms with Crippen LogP contribution in [0.2, 0.25) is 0 Å². The van der Waals surface area contributed by atoms with Crippen molar-refractivity contribution >= 4 is 11.7 Å². The summed E-state index contributed by atoms with van der Waals surface area (Å²) in [6, 6.07) is 4.27. The second-order valence-electron chi connectivity index (χ2n) is 12.0. The number of ether oxygens (including phenoxy) is 2. The Morgan fingerprint density at radius 3 is 1.82 bits per heavy atom. The Kier molecular flexibility index (Phi) is 23.9. The number of rotatable bonds is 28. The molecule has 0 aliphatic heterocycles. The van der Waals surface area contributed by atoms with Gasteiger partial charge in [0.05, 0.1) is 13.2 Å². The van der Waals surface area contributed by atoms with E-state index in [0.717, 1.165) is 51.7 Å². The molecule has 0 bridgehead atoms. The minimum atomic E-state index is -0.0592. The molecule has 1 atom stereocenters. The predicted molar refractivity (Wildman–Crippen MR) is 170 cm³/mol. The summed E-state index contributed by atoms with van der Waals surface area (Å²) in [5.41, 5.74) is 1.21. The van der Waals surface area contributed by atoms with Crippen LogP contribution >= 0.6 is 0 Å². The van der Waals surface area contributed by atoms with Gasteiger partial charge in [0.25, 0.3) is 0 Å². The lowest BCUT2D eigenvalue weighted by atomic mass is 10.0. The zero-order chi connectivity index (χ0) is 29.1. The molecule has 0 aromatic carbocycles. The maximum Gasteiger partial charge on any atom is 0.305 e. The molecule has 0 spiro atoms. The first-order valence-electron chi connectivity index (χ1n) is 17.0. The summed E-state index contributed by atoms with van der Waals surface area (Å²) in [5, 5.41) is 0. The molecule has 1 rings (SSSR count). The number of unbranched alkanes of at least 4 members (excludes halogenated alkanes) is 15. The number of aryl methyl sites for hydroxylation is 1. The minimum Gasteiger partial charge on any atom is -0.465 e.